The van der Waals surface area contributed by atoms with Crippen molar-refractivity contribution in [3.8, 4) is 0 Å². The molecule has 0 unspecified atom stereocenters. The van der Waals surface area contributed by atoms with E-state index in [1.807, 2.05) is 0 Å². The second kappa shape index (κ2) is 5.45. The molecule has 4 heteroatoms. The van der Waals surface area contributed by atoms with Crippen LogP contribution in [-0.2, 0) is 4.74 Å². The van der Waals surface area contributed by atoms with Crippen LogP contribution in [0.25, 0.3) is 0 Å². The van der Waals surface area contributed by atoms with Crippen LogP contribution in [-0.4, -0.2) is 74.4 Å². The molecule has 0 aromatic carbocycles. The zero-order valence-corrected chi connectivity index (χ0v) is 10.7. The van der Waals surface area contributed by atoms with Crippen LogP contribution in [0.4, 0.5) is 0 Å². The largest absolute Gasteiger partial charge is 0.379 e. The van der Waals surface area contributed by atoms with Crippen LogP contribution in [0, 0.1) is 0 Å². The van der Waals surface area contributed by atoms with Gasteiger partial charge in [-0.25, -0.2) is 0 Å². The van der Waals surface area contributed by atoms with E-state index in [0.717, 1.165) is 39.4 Å². The number of nitrogens with zero attached hydrogens (tertiary/aromatic N) is 2. The van der Waals surface area contributed by atoms with Crippen LogP contribution < -0.4 is 5.32 Å². The maximum atomic E-state index is 5.37. The van der Waals surface area contributed by atoms with E-state index in [2.05, 4.69) is 29.0 Å². The van der Waals surface area contributed by atoms with Gasteiger partial charge in [-0.05, 0) is 13.8 Å². The van der Waals surface area contributed by atoms with E-state index in [4.69, 9.17) is 4.74 Å². The molecule has 0 spiro atoms. The molecule has 0 amide bonds. The van der Waals surface area contributed by atoms with E-state index >= 15 is 0 Å². The zero-order chi connectivity index (χ0) is 11.4. The second-order valence-corrected chi connectivity index (χ2v) is 5.43. The van der Waals surface area contributed by atoms with Gasteiger partial charge in [0.2, 0.25) is 0 Å². The number of rotatable bonds is 3. The summed E-state index contributed by atoms with van der Waals surface area (Å²) in [4.78, 5) is 5.13. The van der Waals surface area contributed by atoms with Gasteiger partial charge in [-0.2, -0.15) is 0 Å². The van der Waals surface area contributed by atoms with Crippen molar-refractivity contribution in [3.63, 3.8) is 0 Å². The minimum absolute atomic E-state index is 0.310. The molecule has 0 aliphatic carbocycles. The fourth-order valence-electron chi connectivity index (χ4n) is 2.52. The third-order valence-electron chi connectivity index (χ3n) is 3.76. The Morgan fingerprint density at radius 2 is 1.88 bits per heavy atom. The molecule has 16 heavy (non-hydrogen) atoms. The smallest absolute Gasteiger partial charge is 0.0594 e. The van der Waals surface area contributed by atoms with E-state index in [1.165, 1.54) is 19.6 Å². The maximum Gasteiger partial charge on any atom is 0.0594 e. The Labute approximate surface area is 98.9 Å². The Hall–Kier alpha value is -0.160. The lowest BCUT2D eigenvalue weighted by Gasteiger charge is -2.43. The first kappa shape index (κ1) is 12.3. The molecular formula is C12H25N3O. The van der Waals surface area contributed by atoms with Gasteiger partial charge in [0.25, 0.3) is 0 Å². The SMILES string of the molecule is CC1(C)CNCCN1CCN1CCOCC1. The van der Waals surface area contributed by atoms with Crippen molar-refractivity contribution in [2.75, 3.05) is 59.0 Å². The predicted molar refractivity (Wildman–Crippen MR) is 65.8 cm³/mol. The van der Waals surface area contributed by atoms with E-state index in [-0.39, 0.29) is 0 Å². The minimum Gasteiger partial charge on any atom is -0.379 e. The van der Waals surface area contributed by atoms with Crippen molar-refractivity contribution in [2.24, 2.45) is 0 Å². The van der Waals surface area contributed by atoms with Gasteiger partial charge in [0.05, 0.1) is 13.2 Å². The molecule has 2 aliphatic heterocycles. The highest BCUT2D eigenvalue weighted by atomic mass is 16.5. The molecule has 94 valence electrons. The Morgan fingerprint density at radius 1 is 1.12 bits per heavy atom. The van der Waals surface area contributed by atoms with Gasteiger partial charge < -0.3 is 10.1 Å². The van der Waals surface area contributed by atoms with Crippen LogP contribution in [0.5, 0.6) is 0 Å². The third-order valence-corrected chi connectivity index (χ3v) is 3.76. The molecule has 4 nitrogen and oxygen atoms in total. The first-order valence-corrected chi connectivity index (χ1v) is 6.44. The summed E-state index contributed by atoms with van der Waals surface area (Å²) in [5, 5.41) is 3.47. The van der Waals surface area contributed by atoms with Gasteiger partial charge in [-0.15, -0.1) is 0 Å². The highest BCUT2D eigenvalue weighted by molar-refractivity contribution is 4.88. The number of hydrogen-bond acceptors (Lipinski definition) is 4. The van der Waals surface area contributed by atoms with Gasteiger partial charge in [-0.1, -0.05) is 0 Å². The quantitative estimate of drug-likeness (QED) is 0.735. The molecule has 2 heterocycles. The van der Waals surface area contributed by atoms with Crippen molar-refractivity contribution in [2.45, 2.75) is 19.4 Å². The van der Waals surface area contributed by atoms with Crippen LogP contribution in [0.2, 0.25) is 0 Å². The van der Waals surface area contributed by atoms with Crippen molar-refractivity contribution in [3.05, 3.63) is 0 Å². The van der Waals surface area contributed by atoms with Crippen molar-refractivity contribution in [1.82, 2.24) is 15.1 Å². The fourth-order valence-corrected chi connectivity index (χ4v) is 2.52. The van der Waals surface area contributed by atoms with Gasteiger partial charge >= 0.3 is 0 Å². The lowest BCUT2D eigenvalue weighted by molar-refractivity contribution is 0.0212. The topological polar surface area (TPSA) is 27.7 Å². The molecule has 1 N–H and O–H groups in total. The normalized spacial score (nSPS) is 28.1. The average molecular weight is 227 g/mol. The van der Waals surface area contributed by atoms with Crippen molar-refractivity contribution in [1.29, 1.82) is 0 Å². The van der Waals surface area contributed by atoms with Gasteiger partial charge in [-0.3, -0.25) is 9.80 Å². The monoisotopic (exact) mass is 227 g/mol. The Bertz CT molecular complexity index is 214. The summed E-state index contributed by atoms with van der Waals surface area (Å²) in [6, 6.07) is 0. The summed E-state index contributed by atoms with van der Waals surface area (Å²) in [6.45, 7) is 14.5. The molecule has 0 atom stereocenters. The van der Waals surface area contributed by atoms with Crippen LogP contribution >= 0.6 is 0 Å². The number of nitrogens with one attached hydrogen (secondary N) is 1. The van der Waals surface area contributed by atoms with Gasteiger partial charge in [0.15, 0.2) is 0 Å². The molecule has 0 radical (unpaired) electrons. The molecule has 2 saturated heterocycles. The summed E-state index contributed by atoms with van der Waals surface area (Å²) in [6.07, 6.45) is 0. The summed E-state index contributed by atoms with van der Waals surface area (Å²) >= 11 is 0. The zero-order valence-electron chi connectivity index (χ0n) is 10.7. The van der Waals surface area contributed by atoms with Crippen LogP contribution in [0.15, 0.2) is 0 Å². The molecule has 2 fully saturated rings. The lowest BCUT2D eigenvalue weighted by atomic mass is 10.0. The number of morpholine rings is 1. The number of hydrogen-bond donors (Lipinski definition) is 1. The van der Waals surface area contributed by atoms with Gasteiger partial charge in [0, 0.05) is 51.4 Å². The second-order valence-electron chi connectivity index (χ2n) is 5.43. The van der Waals surface area contributed by atoms with E-state index < -0.39 is 0 Å². The Morgan fingerprint density at radius 3 is 2.56 bits per heavy atom. The fraction of sp³-hybridized carbons (Fsp3) is 1.00. The maximum absolute atomic E-state index is 5.37. The first-order chi connectivity index (χ1) is 7.68. The van der Waals surface area contributed by atoms with Crippen molar-refractivity contribution < 1.29 is 4.74 Å². The predicted octanol–water partition coefficient (Wildman–Crippen LogP) is 0.00240. The number of ether oxygens (including phenoxy) is 1. The Kier molecular flexibility index (Phi) is 4.19. The molecule has 2 rings (SSSR count). The third kappa shape index (κ3) is 3.17. The first-order valence-electron chi connectivity index (χ1n) is 6.44. The number of piperazine rings is 1. The van der Waals surface area contributed by atoms with E-state index in [1.54, 1.807) is 0 Å². The molecule has 0 bridgehead atoms. The Balaban J connectivity index is 1.75. The highest BCUT2D eigenvalue weighted by Gasteiger charge is 2.29. The summed E-state index contributed by atoms with van der Waals surface area (Å²) in [5.74, 6) is 0. The molecular weight excluding hydrogens is 202 g/mol. The lowest BCUT2D eigenvalue weighted by Crippen LogP contribution is -2.59. The molecule has 2 aliphatic rings. The highest BCUT2D eigenvalue weighted by Crippen LogP contribution is 2.15. The van der Waals surface area contributed by atoms with E-state index in [0.29, 0.717) is 5.54 Å². The van der Waals surface area contributed by atoms with Crippen LogP contribution in [0.3, 0.4) is 0 Å². The van der Waals surface area contributed by atoms with E-state index in [9.17, 15) is 0 Å². The van der Waals surface area contributed by atoms with Gasteiger partial charge in [0.1, 0.15) is 0 Å². The van der Waals surface area contributed by atoms with Crippen LogP contribution in [0.1, 0.15) is 13.8 Å². The molecule has 0 aromatic heterocycles. The van der Waals surface area contributed by atoms with Crippen molar-refractivity contribution >= 4 is 0 Å². The summed E-state index contributed by atoms with van der Waals surface area (Å²) in [5.41, 5.74) is 0.310. The molecule has 0 saturated carbocycles. The minimum atomic E-state index is 0.310. The molecule has 0 aromatic rings. The summed E-state index contributed by atoms with van der Waals surface area (Å²) in [7, 11) is 0. The summed E-state index contributed by atoms with van der Waals surface area (Å²) < 4.78 is 5.37. The standard InChI is InChI=1S/C12H25N3O/c1-12(2)11-13-3-4-15(12)6-5-14-7-9-16-10-8-14/h13H,3-11H2,1-2H3. The average Bonchev–Trinajstić information content (AvgIpc) is 2.28.